The van der Waals surface area contributed by atoms with Crippen molar-refractivity contribution < 1.29 is 22.3 Å². The van der Waals surface area contributed by atoms with E-state index in [0.29, 0.717) is 16.5 Å². The number of hydrogen-bond donors (Lipinski definition) is 4. The first-order chi connectivity index (χ1) is 7.29. The Morgan fingerprint density at radius 1 is 1.44 bits per heavy atom. The molecule has 0 saturated heterocycles. The van der Waals surface area contributed by atoms with E-state index >= 15 is 0 Å². The van der Waals surface area contributed by atoms with Gasteiger partial charge in [-0.15, -0.1) is 0 Å². The van der Waals surface area contributed by atoms with Gasteiger partial charge in [-0.3, -0.25) is 14.9 Å². The lowest BCUT2D eigenvalue weighted by Crippen LogP contribution is -2.08. The minimum absolute atomic E-state index is 0.548. The van der Waals surface area contributed by atoms with E-state index in [0.717, 1.165) is 0 Å². The fourth-order valence-corrected chi connectivity index (χ4v) is 1.03. The van der Waals surface area contributed by atoms with Crippen molar-refractivity contribution in [1.82, 2.24) is 0 Å². The number of ether oxygens (including phenoxy) is 1. The lowest BCUT2D eigenvalue weighted by Gasteiger charge is -2.07. The predicted molar refractivity (Wildman–Crippen MR) is 60.0 cm³/mol. The molecule has 0 saturated carbocycles. The van der Waals surface area contributed by atoms with E-state index < -0.39 is 10.4 Å². The molecular formula is C7H11ClN2O5S. The van der Waals surface area contributed by atoms with Gasteiger partial charge in [0.05, 0.1) is 12.1 Å². The van der Waals surface area contributed by atoms with Crippen molar-refractivity contribution in [2.45, 2.75) is 0 Å². The molecule has 0 aliphatic carbocycles. The van der Waals surface area contributed by atoms with Crippen LogP contribution in [-0.2, 0) is 10.4 Å². The molecule has 1 rings (SSSR count). The molecule has 1 aromatic rings. The Morgan fingerprint density at radius 3 is 2.25 bits per heavy atom. The highest BCUT2D eigenvalue weighted by Gasteiger charge is 2.03. The quantitative estimate of drug-likeness (QED) is 0.359. The van der Waals surface area contributed by atoms with Crippen molar-refractivity contribution in [1.29, 1.82) is 0 Å². The van der Waals surface area contributed by atoms with Crippen LogP contribution in [0.5, 0.6) is 5.75 Å². The molecule has 1 aromatic carbocycles. The maximum absolute atomic E-state index is 8.74. The van der Waals surface area contributed by atoms with Crippen LogP contribution in [0.2, 0.25) is 5.02 Å². The number of hydrogen-bond acceptors (Lipinski definition) is 5. The van der Waals surface area contributed by atoms with Crippen molar-refractivity contribution in [3.8, 4) is 5.75 Å². The maximum Gasteiger partial charge on any atom is 0.394 e. The minimum Gasteiger partial charge on any atom is -0.494 e. The molecule has 0 aromatic heterocycles. The van der Waals surface area contributed by atoms with Crippen molar-refractivity contribution in [2.75, 3.05) is 12.5 Å². The number of nitrogens with two attached hydrogens (primary N) is 1. The van der Waals surface area contributed by atoms with Gasteiger partial charge < -0.3 is 10.2 Å². The summed E-state index contributed by atoms with van der Waals surface area (Å²) in [5.41, 5.74) is 3.07. The molecule has 92 valence electrons. The first kappa shape index (κ1) is 14.9. The topological polar surface area (TPSA) is 122 Å². The number of nitrogens with one attached hydrogen (secondary N) is 1. The first-order valence-electron chi connectivity index (χ1n) is 3.78. The van der Waals surface area contributed by atoms with E-state index in [4.69, 9.17) is 39.7 Å². The number of benzene rings is 1. The Hall–Kier alpha value is -1.06. The Balaban J connectivity index is 0.000000385. The predicted octanol–water partition coefficient (Wildman–Crippen LogP) is 0.981. The molecule has 0 fully saturated rings. The molecule has 0 radical (unpaired) electrons. The second-order valence-corrected chi connectivity index (χ2v) is 3.71. The van der Waals surface area contributed by atoms with Crippen molar-refractivity contribution in [3.05, 3.63) is 23.2 Å². The number of para-hydroxylation sites is 1. The van der Waals surface area contributed by atoms with Gasteiger partial charge in [-0.25, -0.2) is 0 Å². The molecule has 0 aliphatic rings. The van der Waals surface area contributed by atoms with Crippen LogP contribution < -0.4 is 16.0 Å². The SMILES string of the molecule is COc1cccc(Cl)c1NN.O=S(=O)(O)O. The third-order valence-corrected chi connectivity index (χ3v) is 1.65. The lowest BCUT2D eigenvalue weighted by atomic mass is 10.3. The smallest absolute Gasteiger partial charge is 0.394 e. The number of rotatable bonds is 2. The van der Waals surface area contributed by atoms with E-state index in [-0.39, 0.29) is 0 Å². The second kappa shape index (κ2) is 6.51. The number of anilines is 1. The highest BCUT2D eigenvalue weighted by Crippen LogP contribution is 2.30. The molecule has 9 heteroatoms. The molecule has 0 amide bonds. The summed E-state index contributed by atoms with van der Waals surface area (Å²) in [6.07, 6.45) is 0. The van der Waals surface area contributed by atoms with Crippen LogP contribution in [-0.4, -0.2) is 24.6 Å². The minimum atomic E-state index is -4.67. The molecule has 5 N–H and O–H groups in total. The van der Waals surface area contributed by atoms with Gasteiger partial charge in [0, 0.05) is 0 Å². The van der Waals surface area contributed by atoms with Gasteiger partial charge in [-0.1, -0.05) is 17.7 Å². The van der Waals surface area contributed by atoms with E-state index in [1.165, 1.54) is 0 Å². The molecule has 0 aliphatic heterocycles. The molecule has 0 atom stereocenters. The van der Waals surface area contributed by atoms with Gasteiger partial charge in [-0.05, 0) is 12.1 Å². The Kier molecular flexibility index (Phi) is 6.08. The van der Waals surface area contributed by atoms with Gasteiger partial charge in [0.2, 0.25) is 0 Å². The van der Waals surface area contributed by atoms with Crippen LogP contribution in [0.3, 0.4) is 0 Å². The summed E-state index contributed by atoms with van der Waals surface area (Å²) in [7, 11) is -3.10. The average molecular weight is 271 g/mol. The summed E-state index contributed by atoms with van der Waals surface area (Å²) in [4.78, 5) is 0. The number of nitrogen functional groups attached to an aromatic ring is 1. The van der Waals surface area contributed by atoms with E-state index in [1.807, 2.05) is 0 Å². The zero-order chi connectivity index (χ0) is 12.8. The largest absolute Gasteiger partial charge is 0.494 e. The zero-order valence-electron chi connectivity index (χ0n) is 8.21. The summed E-state index contributed by atoms with van der Waals surface area (Å²) < 4.78 is 36.6. The highest BCUT2D eigenvalue weighted by molar-refractivity contribution is 7.79. The van der Waals surface area contributed by atoms with E-state index in [9.17, 15) is 0 Å². The fourth-order valence-electron chi connectivity index (χ4n) is 0.815. The Bertz CT molecular complexity index is 428. The normalized spacial score (nSPS) is 10.1. The summed E-state index contributed by atoms with van der Waals surface area (Å²) >= 11 is 5.79. The van der Waals surface area contributed by atoms with Crippen LogP contribution in [0.1, 0.15) is 0 Å². The van der Waals surface area contributed by atoms with Crippen LogP contribution in [0.15, 0.2) is 18.2 Å². The first-order valence-corrected chi connectivity index (χ1v) is 5.56. The summed E-state index contributed by atoms with van der Waals surface area (Å²) in [5, 5.41) is 0.548. The molecule has 0 spiro atoms. The van der Waals surface area contributed by atoms with Gasteiger partial charge in [0.1, 0.15) is 11.4 Å². The number of halogens is 1. The van der Waals surface area contributed by atoms with Gasteiger partial charge in [-0.2, -0.15) is 8.42 Å². The van der Waals surface area contributed by atoms with Gasteiger partial charge >= 0.3 is 10.4 Å². The van der Waals surface area contributed by atoms with E-state index in [2.05, 4.69) is 5.43 Å². The van der Waals surface area contributed by atoms with Gasteiger partial charge in [0.25, 0.3) is 0 Å². The third kappa shape index (κ3) is 6.43. The molecule has 16 heavy (non-hydrogen) atoms. The average Bonchev–Trinajstić information content (AvgIpc) is 2.14. The summed E-state index contributed by atoms with van der Waals surface area (Å²) in [5.74, 6) is 5.85. The number of hydrazine groups is 1. The molecular weight excluding hydrogens is 260 g/mol. The van der Waals surface area contributed by atoms with Crippen molar-refractivity contribution in [3.63, 3.8) is 0 Å². The summed E-state index contributed by atoms with van der Waals surface area (Å²) in [6, 6.07) is 5.31. The Morgan fingerprint density at radius 2 is 1.94 bits per heavy atom. The third-order valence-electron chi connectivity index (χ3n) is 1.34. The number of methoxy groups -OCH3 is 1. The second-order valence-electron chi connectivity index (χ2n) is 2.41. The van der Waals surface area contributed by atoms with E-state index in [1.54, 1.807) is 25.3 Å². The van der Waals surface area contributed by atoms with Crippen LogP contribution in [0.4, 0.5) is 5.69 Å². The van der Waals surface area contributed by atoms with Crippen LogP contribution in [0.25, 0.3) is 0 Å². The van der Waals surface area contributed by atoms with Gasteiger partial charge in [0.15, 0.2) is 0 Å². The monoisotopic (exact) mass is 270 g/mol. The van der Waals surface area contributed by atoms with Crippen molar-refractivity contribution in [2.24, 2.45) is 5.84 Å². The standard InChI is InChI=1S/C7H9ClN2O.H2O4S/c1-11-6-4-2-3-5(8)7(6)10-9;1-5(2,3)4/h2-4,10H,9H2,1H3;(H2,1,2,3,4). The van der Waals surface area contributed by atoms with Crippen LogP contribution >= 0.6 is 11.6 Å². The molecule has 7 nitrogen and oxygen atoms in total. The molecule has 0 bridgehead atoms. The van der Waals surface area contributed by atoms with Crippen LogP contribution in [0, 0.1) is 0 Å². The summed E-state index contributed by atoms with van der Waals surface area (Å²) in [6.45, 7) is 0. The zero-order valence-corrected chi connectivity index (χ0v) is 9.79. The van der Waals surface area contributed by atoms with Crippen molar-refractivity contribution >= 4 is 27.7 Å². The highest BCUT2D eigenvalue weighted by atomic mass is 35.5. The molecule has 0 heterocycles. The lowest BCUT2D eigenvalue weighted by molar-refractivity contribution is 0.381. The fraction of sp³-hybridized carbons (Fsp3) is 0.143. The molecule has 0 unspecified atom stereocenters. The Labute approximate surface area is 97.7 Å². The maximum atomic E-state index is 8.74.